The van der Waals surface area contributed by atoms with Gasteiger partial charge in [0.2, 0.25) is 0 Å². The predicted molar refractivity (Wildman–Crippen MR) is 147 cm³/mol. The van der Waals surface area contributed by atoms with Crippen molar-refractivity contribution in [2.24, 2.45) is 0 Å². The number of aliphatic carboxylic acids is 1. The van der Waals surface area contributed by atoms with Crippen molar-refractivity contribution >= 4 is 40.8 Å². The smallest absolute Gasteiger partial charge is 0.326 e. The van der Waals surface area contributed by atoms with Crippen LogP contribution in [0, 0.1) is 10.1 Å². The zero-order chi connectivity index (χ0) is 26.6. The van der Waals surface area contributed by atoms with E-state index in [1.807, 2.05) is 36.4 Å². The summed E-state index contributed by atoms with van der Waals surface area (Å²) < 4.78 is 0. The van der Waals surface area contributed by atoms with Gasteiger partial charge in [-0.3, -0.25) is 19.8 Å². The molecule has 2 N–H and O–H groups in total. The minimum atomic E-state index is -0.864. The molecule has 3 aromatic rings. The van der Waals surface area contributed by atoms with Crippen LogP contribution in [0.5, 0.6) is 0 Å². The van der Waals surface area contributed by atoms with Gasteiger partial charge in [0.1, 0.15) is 5.69 Å². The number of nitrogens with zero attached hydrogens (tertiary/aromatic N) is 2. The summed E-state index contributed by atoms with van der Waals surface area (Å²) >= 11 is 1.54. The Morgan fingerprint density at radius 3 is 2.16 bits per heavy atom. The molecule has 3 rings (SSSR count). The van der Waals surface area contributed by atoms with Crippen LogP contribution in [0.2, 0.25) is 0 Å². The number of nitro benzene ring substituents is 1. The number of benzene rings is 3. The molecule has 0 spiro atoms. The first-order valence-electron chi connectivity index (χ1n) is 12.3. The highest BCUT2D eigenvalue weighted by molar-refractivity contribution is 7.99. The van der Waals surface area contributed by atoms with Gasteiger partial charge < -0.3 is 10.4 Å². The van der Waals surface area contributed by atoms with Crippen LogP contribution in [0.1, 0.15) is 44.6 Å². The average molecular weight is 522 g/mol. The minimum Gasteiger partial charge on any atom is -0.481 e. The summed E-state index contributed by atoms with van der Waals surface area (Å²) in [5.74, 6) is -0.864. The van der Waals surface area contributed by atoms with Crippen LogP contribution in [0.3, 0.4) is 0 Å². The van der Waals surface area contributed by atoms with E-state index in [4.69, 9.17) is 5.11 Å². The van der Waals surface area contributed by atoms with Gasteiger partial charge in [-0.25, -0.2) is 4.79 Å². The molecule has 0 bridgehead atoms. The van der Waals surface area contributed by atoms with Crippen molar-refractivity contribution in [3.8, 4) is 0 Å². The van der Waals surface area contributed by atoms with Gasteiger partial charge in [-0.2, -0.15) is 0 Å². The molecule has 2 amide bonds. The molecule has 0 fully saturated rings. The molecule has 0 aliphatic rings. The van der Waals surface area contributed by atoms with Crippen LogP contribution in [0.4, 0.5) is 21.9 Å². The Morgan fingerprint density at radius 1 is 0.919 bits per heavy atom. The zero-order valence-corrected chi connectivity index (χ0v) is 21.6. The first kappa shape index (κ1) is 27.7. The van der Waals surface area contributed by atoms with Gasteiger partial charge in [-0.05, 0) is 54.4 Å². The molecule has 0 aliphatic carbocycles. The summed E-state index contributed by atoms with van der Waals surface area (Å²) in [5, 5.41) is 23.0. The van der Waals surface area contributed by atoms with Gasteiger partial charge in [0, 0.05) is 28.1 Å². The number of amides is 2. The summed E-state index contributed by atoms with van der Waals surface area (Å²) in [7, 11) is 0. The molecule has 0 saturated heterocycles. The number of carboxylic acid groups (broad SMARTS) is 1. The second kappa shape index (κ2) is 14.0. The number of unbranched alkanes of at least 4 members (excludes halogenated alkanes) is 4. The lowest BCUT2D eigenvalue weighted by Gasteiger charge is -2.23. The van der Waals surface area contributed by atoms with E-state index in [1.54, 1.807) is 29.2 Å². The van der Waals surface area contributed by atoms with E-state index >= 15 is 0 Å². The predicted octanol–water partition coefficient (Wildman–Crippen LogP) is 7.38. The van der Waals surface area contributed by atoms with Crippen LogP contribution in [-0.4, -0.2) is 28.6 Å². The Hall–Kier alpha value is -3.85. The second-order valence-electron chi connectivity index (χ2n) is 8.58. The second-order valence-corrected chi connectivity index (χ2v) is 9.73. The fourth-order valence-electron chi connectivity index (χ4n) is 3.82. The Bertz CT molecular complexity index is 1200. The van der Waals surface area contributed by atoms with Gasteiger partial charge in [-0.1, -0.05) is 68.6 Å². The van der Waals surface area contributed by atoms with Crippen molar-refractivity contribution in [2.45, 2.75) is 55.2 Å². The van der Waals surface area contributed by atoms with Gasteiger partial charge >= 0.3 is 12.0 Å². The molecule has 3 aromatic carbocycles. The number of rotatable bonds is 13. The van der Waals surface area contributed by atoms with Crippen molar-refractivity contribution < 1.29 is 19.6 Å². The summed E-state index contributed by atoms with van der Waals surface area (Å²) in [5.41, 5.74) is 1.45. The number of para-hydroxylation sites is 2. The van der Waals surface area contributed by atoms with Crippen molar-refractivity contribution in [3.63, 3.8) is 0 Å². The molecule has 0 unspecified atom stereocenters. The van der Waals surface area contributed by atoms with E-state index in [0.29, 0.717) is 12.2 Å². The van der Waals surface area contributed by atoms with Gasteiger partial charge in [0.25, 0.3) is 5.69 Å². The number of anilines is 2. The minimum absolute atomic E-state index is 0.0118. The topological polar surface area (TPSA) is 113 Å². The number of hydrogen-bond acceptors (Lipinski definition) is 5. The number of carboxylic acids is 1. The first-order valence-corrected chi connectivity index (χ1v) is 13.1. The third-order valence-corrected chi connectivity index (χ3v) is 6.75. The molecule has 0 radical (unpaired) electrons. The van der Waals surface area contributed by atoms with Crippen LogP contribution >= 0.6 is 11.8 Å². The highest BCUT2D eigenvalue weighted by atomic mass is 32.2. The summed E-state index contributed by atoms with van der Waals surface area (Å²) in [6.07, 6.45) is 5.17. The van der Waals surface area contributed by atoms with Gasteiger partial charge in [0.15, 0.2) is 0 Å². The Kier molecular flexibility index (Phi) is 10.5. The first-order chi connectivity index (χ1) is 17.9. The molecule has 9 heteroatoms. The standard InChI is InChI=1S/C28H31N3O5S/c1-2-3-4-5-8-19-30(28(34)29-25-9-6-7-10-26(25)31(35)36)22-13-17-24(18-14-22)37-23-15-11-21(12-16-23)20-27(32)33/h6-7,9-18H,2-5,8,19-20H2,1H3,(H,29,34)(H,32,33). The maximum Gasteiger partial charge on any atom is 0.326 e. The third-order valence-electron chi connectivity index (χ3n) is 5.74. The number of carbonyl (C=O) groups excluding carboxylic acids is 1. The maximum atomic E-state index is 13.2. The Morgan fingerprint density at radius 2 is 1.54 bits per heavy atom. The van der Waals surface area contributed by atoms with E-state index in [0.717, 1.165) is 47.5 Å². The van der Waals surface area contributed by atoms with Crippen LogP contribution in [0.15, 0.2) is 82.6 Å². The molecule has 0 aromatic heterocycles. The molecule has 0 heterocycles. The van der Waals surface area contributed by atoms with Crippen molar-refractivity contribution in [1.82, 2.24) is 0 Å². The van der Waals surface area contributed by atoms with Crippen LogP contribution < -0.4 is 10.2 Å². The fraction of sp³-hybridized carbons (Fsp3) is 0.286. The maximum absolute atomic E-state index is 13.2. The van der Waals surface area contributed by atoms with Gasteiger partial charge in [-0.15, -0.1) is 0 Å². The van der Waals surface area contributed by atoms with Crippen molar-refractivity contribution in [2.75, 3.05) is 16.8 Å². The monoisotopic (exact) mass is 521 g/mol. The van der Waals surface area contributed by atoms with Crippen LogP contribution in [0.25, 0.3) is 0 Å². The summed E-state index contributed by atoms with van der Waals surface area (Å²) in [4.78, 5) is 38.5. The van der Waals surface area contributed by atoms with Crippen LogP contribution in [-0.2, 0) is 11.2 Å². The summed E-state index contributed by atoms with van der Waals surface area (Å²) in [6.45, 7) is 2.64. The van der Waals surface area contributed by atoms with Crippen molar-refractivity contribution in [3.05, 3.63) is 88.5 Å². The van der Waals surface area contributed by atoms with E-state index < -0.39 is 16.9 Å². The molecular formula is C28H31N3O5S. The van der Waals surface area contributed by atoms with Crippen molar-refractivity contribution in [1.29, 1.82) is 0 Å². The Labute approximate surface area is 220 Å². The molecule has 8 nitrogen and oxygen atoms in total. The normalized spacial score (nSPS) is 10.6. The number of nitro groups is 1. The molecule has 37 heavy (non-hydrogen) atoms. The molecular weight excluding hydrogens is 490 g/mol. The SMILES string of the molecule is CCCCCCCN(C(=O)Nc1ccccc1[N+](=O)[O-])c1ccc(Sc2ccc(CC(=O)O)cc2)cc1. The highest BCUT2D eigenvalue weighted by Crippen LogP contribution is 2.30. The quantitative estimate of drug-likeness (QED) is 0.138. The molecule has 0 atom stereocenters. The summed E-state index contributed by atoms with van der Waals surface area (Å²) in [6, 6.07) is 20.7. The van der Waals surface area contributed by atoms with E-state index in [-0.39, 0.29) is 17.8 Å². The van der Waals surface area contributed by atoms with E-state index in [1.165, 1.54) is 23.9 Å². The lowest BCUT2D eigenvalue weighted by Crippen LogP contribution is -2.36. The highest BCUT2D eigenvalue weighted by Gasteiger charge is 2.20. The Balaban J connectivity index is 1.73. The molecule has 0 saturated carbocycles. The zero-order valence-electron chi connectivity index (χ0n) is 20.8. The largest absolute Gasteiger partial charge is 0.481 e. The third kappa shape index (κ3) is 8.64. The lowest BCUT2D eigenvalue weighted by atomic mass is 10.1. The number of carbonyl (C=O) groups is 2. The van der Waals surface area contributed by atoms with Gasteiger partial charge in [0.05, 0.1) is 11.3 Å². The van der Waals surface area contributed by atoms with E-state index in [9.17, 15) is 19.7 Å². The average Bonchev–Trinajstić information content (AvgIpc) is 2.88. The number of nitrogens with one attached hydrogen (secondary N) is 1. The fourth-order valence-corrected chi connectivity index (χ4v) is 4.64. The lowest BCUT2D eigenvalue weighted by molar-refractivity contribution is -0.383. The molecule has 194 valence electrons. The molecule has 0 aliphatic heterocycles. The number of hydrogen-bond donors (Lipinski definition) is 2. The number of urea groups is 1. The van der Waals surface area contributed by atoms with E-state index in [2.05, 4.69) is 12.2 Å².